The maximum atomic E-state index is 13.3. The molecule has 3 aliphatic rings. The van der Waals surface area contributed by atoms with E-state index < -0.39 is 5.91 Å². The first-order valence-electron chi connectivity index (χ1n) is 16.3. The summed E-state index contributed by atoms with van der Waals surface area (Å²) in [6, 6.07) is 14.2. The van der Waals surface area contributed by atoms with Crippen LogP contribution < -0.4 is 10.1 Å². The van der Waals surface area contributed by atoms with Crippen LogP contribution in [0, 0.1) is 18.8 Å². The summed E-state index contributed by atoms with van der Waals surface area (Å²) in [7, 11) is 4.97. The van der Waals surface area contributed by atoms with Crippen LogP contribution in [0.25, 0.3) is 22.4 Å². The van der Waals surface area contributed by atoms with Gasteiger partial charge in [0.1, 0.15) is 5.57 Å². The molecule has 2 fully saturated rings. The standard InChI is InChI=1S/C37H41ClN4O3.CH2O2/c1-6-7-8-11-29(37(44)41(3)4)35(43)39-30-15-10-12-26(22(30)2)27-13-9-14-28(34(27)38)31-19-23-16-17-32(33(23)36(40-31)45-5)42-20-24-18-25(24)21-42;2-1-3/h7-15,19,24-25,32H,6,16-18,20-21H2,1-5H3,(H,39,43);1H,(H,2,3)/b8-7+,29-11-;. The number of aromatic nitrogens is 1. The number of anilines is 1. The van der Waals surface area contributed by atoms with E-state index in [1.165, 1.54) is 35.5 Å². The lowest BCUT2D eigenvalue weighted by atomic mass is 9.96. The fourth-order valence-corrected chi connectivity index (χ4v) is 7.23. The van der Waals surface area contributed by atoms with Crippen molar-refractivity contribution in [3.05, 3.63) is 88.0 Å². The Balaban J connectivity index is 0.00000145. The van der Waals surface area contributed by atoms with Gasteiger partial charge >= 0.3 is 0 Å². The van der Waals surface area contributed by atoms with Crippen molar-refractivity contribution >= 4 is 35.6 Å². The molecular weight excluding hydrogens is 628 g/mol. The molecule has 3 aromatic rings. The molecule has 3 unspecified atom stereocenters. The Morgan fingerprint density at radius 3 is 2.46 bits per heavy atom. The number of likely N-dealkylation sites (tertiary alicyclic amines) is 1. The topological polar surface area (TPSA) is 112 Å². The highest BCUT2D eigenvalue weighted by molar-refractivity contribution is 6.36. The molecule has 9 nitrogen and oxygen atoms in total. The molecule has 2 aromatic carbocycles. The average Bonchev–Trinajstić information content (AvgIpc) is 3.45. The summed E-state index contributed by atoms with van der Waals surface area (Å²) >= 11 is 7.16. The highest BCUT2D eigenvalue weighted by Gasteiger charge is 2.48. The zero-order valence-electron chi connectivity index (χ0n) is 28.1. The Morgan fingerprint density at radius 1 is 1.12 bits per heavy atom. The zero-order chi connectivity index (χ0) is 34.5. The minimum atomic E-state index is -0.465. The largest absolute Gasteiger partial charge is 0.483 e. The molecule has 2 heterocycles. The number of piperidine rings is 1. The van der Waals surface area contributed by atoms with Crippen molar-refractivity contribution in [2.24, 2.45) is 11.8 Å². The van der Waals surface area contributed by atoms with E-state index in [1.54, 1.807) is 33.4 Å². The molecular formula is C38H43ClN4O5. The van der Waals surface area contributed by atoms with E-state index in [0.717, 1.165) is 59.0 Å². The molecule has 1 saturated heterocycles. The third-order valence-electron chi connectivity index (χ3n) is 9.43. The van der Waals surface area contributed by atoms with Gasteiger partial charge in [-0.05, 0) is 79.3 Å². The number of allylic oxidation sites excluding steroid dienone is 3. The molecule has 48 heavy (non-hydrogen) atoms. The van der Waals surface area contributed by atoms with Crippen molar-refractivity contribution in [3.8, 4) is 28.3 Å². The van der Waals surface area contributed by atoms with Crippen LogP contribution in [-0.2, 0) is 20.8 Å². The third-order valence-corrected chi connectivity index (χ3v) is 9.84. The third kappa shape index (κ3) is 7.17. The fourth-order valence-electron chi connectivity index (χ4n) is 6.91. The average molecular weight is 671 g/mol. The molecule has 252 valence electrons. The molecule has 1 aromatic heterocycles. The molecule has 1 saturated carbocycles. The van der Waals surface area contributed by atoms with Gasteiger partial charge in [0.2, 0.25) is 5.88 Å². The molecule has 0 bridgehead atoms. The van der Waals surface area contributed by atoms with E-state index in [4.69, 9.17) is 31.2 Å². The molecule has 10 heteroatoms. The Hall–Kier alpha value is -4.47. The van der Waals surface area contributed by atoms with Crippen LogP contribution in [-0.4, -0.2) is 72.5 Å². The number of likely N-dealkylation sites (N-methyl/N-ethyl adjacent to an activating group) is 1. The molecule has 0 spiro atoms. The fraction of sp³-hybridized carbons (Fsp3) is 0.368. The highest BCUT2D eigenvalue weighted by Crippen LogP contribution is 2.51. The lowest BCUT2D eigenvalue weighted by molar-refractivity contribution is -0.127. The van der Waals surface area contributed by atoms with Gasteiger partial charge in [-0.3, -0.25) is 19.3 Å². The van der Waals surface area contributed by atoms with Crippen molar-refractivity contribution in [3.63, 3.8) is 0 Å². The maximum Gasteiger partial charge on any atom is 0.290 e. The number of fused-ring (bicyclic) bond motifs is 2. The predicted molar refractivity (Wildman–Crippen MR) is 189 cm³/mol. The maximum absolute atomic E-state index is 13.3. The van der Waals surface area contributed by atoms with Crippen LogP contribution in [0.4, 0.5) is 5.69 Å². The lowest BCUT2D eigenvalue weighted by Gasteiger charge is -2.27. The van der Waals surface area contributed by atoms with Crippen molar-refractivity contribution in [1.82, 2.24) is 14.8 Å². The highest BCUT2D eigenvalue weighted by atomic mass is 35.5. The quantitative estimate of drug-likeness (QED) is 0.0834. The summed E-state index contributed by atoms with van der Waals surface area (Å²) in [6.07, 6.45) is 9.48. The number of pyridine rings is 1. The van der Waals surface area contributed by atoms with Gasteiger partial charge in [0.05, 0.1) is 17.8 Å². The SMILES string of the molecule is CC/C=C/C=C(/C(=O)Nc1cccc(-c2cccc(-c3cc4c(c(OC)n3)C(N3CC5CC5C3)CC4)c2Cl)c1C)C(=O)N(C)C.O=CO. The van der Waals surface area contributed by atoms with E-state index in [9.17, 15) is 9.59 Å². The number of benzene rings is 2. The minimum Gasteiger partial charge on any atom is -0.483 e. The van der Waals surface area contributed by atoms with Crippen molar-refractivity contribution < 1.29 is 24.2 Å². The summed E-state index contributed by atoms with van der Waals surface area (Å²) in [6.45, 7) is 6.06. The number of halogens is 1. The van der Waals surface area contributed by atoms with Gasteiger partial charge in [-0.2, -0.15) is 0 Å². The Labute approximate surface area is 287 Å². The van der Waals surface area contributed by atoms with Gasteiger partial charge in [-0.1, -0.05) is 61.0 Å². The predicted octanol–water partition coefficient (Wildman–Crippen LogP) is 6.95. The van der Waals surface area contributed by atoms with E-state index in [2.05, 4.69) is 16.3 Å². The summed E-state index contributed by atoms with van der Waals surface area (Å²) in [4.78, 5) is 43.5. The number of ether oxygens (including phenoxy) is 1. The normalized spacial score (nSPS) is 19.6. The van der Waals surface area contributed by atoms with Gasteiger partial charge < -0.3 is 20.1 Å². The van der Waals surface area contributed by atoms with Crippen LogP contribution in [0.1, 0.15) is 48.9 Å². The Kier molecular flexibility index (Phi) is 11.0. The summed E-state index contributed by atoms with van der Waals surface area (Å²) in [5, 5.41) is 10.4. The second kappa shape index (κ2) is 15.2. The summed E-state index contributed by atoms with van der Waals surface area (Å²) < 4.78 is 5.90. The minimum absolute atomic E-state index is 0.0648. The smallest absolute Gasteiger partial charge is 0.290 e. The number of methoxy groups -OCH3 is 1. The molecule has 2 N–H and O–H groups in total. The second-order valence-electron chi connectivity index (χ2n) is 12.7. The number of hydrogen-bond acceptors (Lipinski definition) is 6. The van der Waals surface area contributed by atoms with Crippen molar-refractivity contribution in [1.29, 1.82) is 0 Å². The first-order valence-corrected chi connectivity index (χ1v) is 16.7. The zero-order valence-corrected chi connectivity index (χ0v) is 28.9. The molecule has 2 amide bonds. The number of carboxylic acid groups (broad SMARTS) is 1. The molecule has 1 aliphatic heterocycles. The van der Waals surface area contributed by atoms with Crippen LogP contribution in [0.3, 0.4) is 0 Å². The molecule has 2 aliphatic carbocycles. The monoisotopic (exact) mass is 670 g/mol. The first kappa shape index (κ1) is 34.9. The van der Waals surface area contributed by atoms with Crippen LogP contribution in [0.15, 0.2) is 66.3 Å². The number of amides is 2. The van der Waals surface area contributed by atoms with Crippen molar-refractivity contribution in [2.45, 2.75) is 45.6 Å². The van der Waals surface area contributed by atoms with E-state index in [0.29, 0.717) is 22.6 Å². The number of hydrogen-bond donors (Lipinski definition) is 2. The van der Waals surface area contributed by atoms with Crippen LogP contribution in [0.5, 0.6) is 5.88 Å². The van der Waals surface area contributed by atoms with Crippen LogP contribution >= 0.6 is 11.6 Å². The number of carbonyl (C=O) groups is 3. The number of nitrogens with zero attached hydrogens (tertiary/aromatic N) is 3. The van der Waals surface area contributed by atoms with E-state index in [-0.39, 0.29) is 18.0 Å². The van der Waals surface area contributed by atoms with E-state index >= 15 is 0 Å². The van der Waals surface area contributed by atoms with Gasteiger partial charge in [-0.15, -0.1) is 0 Å². The number of rotatable bonds is 9. The molecule has 0 radical (unpaired) electrons. The van der Waals surface area contributed by atoms with Gasteiger partial charge in [-0.25, -0.2) is 4.98 Å². The number of nitrogens with one attached hydrogen (secondary N) is 1. The Bertz CT molecular complexity index is 1760. The van der Waals surface area contributed by atoms with Crippen molar-refractivity contribution in [2.75, 3.05) is 39.6 Å². The lowest BCUT2D eigenvalue weighted by Crippen LogP contribution is -2.30. The van der Waals surface area contributed by atoms with Gasteiger partial charge in [0, 0.05) is 55.6 Å². The van der Waals surface area contributed by atoms with Gasteiger partial charge in [0.15, 0.2) is 0 Å². The molecule has 6 rings (SSSR count). The molecule has 3 atom stereocenters. The second-order valence-corrected chi connectivity index (χ2v) is 13.1. The Morgan fingerprint density at radius 2 is 1.79 bits per heavy atom. The van der Waals surface area contributed by atoms with E-state index in [1.807, 2.05) is 56.3 Å². The first-order chi connectivity index (χ1) is 23.1. The number of carbonyl (C=O) groups excluding carboxylic acids is 2. The van der Waals surface area contributed by atoms with Crippen LogP contribution in [0.2, 0.25) is 5.02 Å². The summed E-state index contributed by atoms with van der Waals surface area (Å²) in [5.41, 5.74) is 7.39. The number of aryl methyl sites for hydroxylation is 1. The summed E-state index contributed by atoms with van der Waals surface area (Å²) in [5.74, 6) is 1.63. The van der Waals surface area contributed by atoms with Gasteiger partial charge in [0.25, 0.3) is 18.3 Å².